The Morgan fingerprint density at radius 3 is 2.74 bits per heavy atom. The summed E-state index contributed by atoms with van der Waals surface area (Å²) in [6.45, 7) is 2.48. The van der Waals surface area contributed by atoms with Gasteiger partial charge in [-0.1, -0.05) is 11.3 Å². The van der Waals surface area contributed by atoms with E-state index in [4.69, 9.17) is 9.47 Å². The Morgan fingerprint density at radius 2 is 2.03 bits per heavy atom. The largest absolute Gasteiger partial charge is 0.468 e. The third-order valence-corrected chi connectivity index (χ3v) is 6.71. The maximum absolute atomic E-state index is 12.0. The number of nitrogens with two attached hydrogens (primary N) is 1. The summed E-state index contributed by atoms with van der Waals surface area (Å²) in [6.07, 6.45) is 1.99. The van der Waals surface area contributed by atoms with Crippen LogP contribution >= 0.6 is 23.1 Å². The number of amides is 2. The van der Waals surface area contributed by atoms with Crippen LogP contribution in [0.5, 0.6) is 5.88 Å². The first-order chi connectivity index (χ1) is 16.4. The normalized spacial score (nSPS) is 15.4. The predicted molar refractivity (Wildman–Crippen MR) is 126 cm³/mol. The number of benzene rings is 1. The van der Waals surface area contributed by atoms with Crippen LogP contribution in [0, 0.1) is 5.92 Å². The van der Waals surface area contributed by atoms with Crippen LogP contribution in [-0.2, 0) is 14.3 Å². The Hall–Kier alpha value is -3.29. The second kappa shape index (κ2) is 9.52. The van der Waals surface area contributed by atoms with Gasteiger partial charge in [-0.25, -0.2) is 4.98 Å². The number of carbonyl (C=O) groups excluding carboxylic acids is 2. The lowest BCUT2D eigenvalue weighted by Crippen LogP contribution is -2.38. The van der Waals surface area contributed by atoms with E-state index in [0.717, 1.165) is 28.0 Å². The molecular formula is C21H21N7O4S2. The van der Waals surface area contributed by atoms with Gasteiger partial charge < -0.3 is 20.5 Å². The summed E-state index contributed by atoms with van der Waals surface area (Å²) in [4.78, 5) is 26.7. The van der Waals surface area contributed by atoms with Gasteiger partial charge in [-0.3, -0.25) is 9.59 Å². The van der Waals surface area contributed by atoms with Crippen molar-refractivity contribution in [2.75, 3.05) is 18.5 Å². The second-order valence-corrected chi connectivity index (χ2v) is 9.90. The molecule has 0 unspecified atom stereocenters. The number of anilines is 1. The van der Waals surface area contributed by atoms with Crippen molar-refractivity contribution in [3.63, 3.8) is 0 Å². The Balaban J connectivity index is 0.000000560. The minimum Gasteiger partial charge on any atom is -0.468 e. The molecule has 2 aliphatic rings. The van der Waals surface area contributed by atoms with Gasteiger partial charge in [-0.2, -0.15) is 4.52 Å². The highest BCUT2D eigenvalue weighted by atomic mass is 32.2. The molecule has 4 heterocycles. The lowest BCUT2D eigenvalue weighted by Gasteiger charge is -2.25. The second-order valence-electron chi connectivity index (χ2n) is 7.83. The van der Waals surface area contributed by atoms with Gasteiger partial charge in [-0.15, -0.1) is 15.3 Å². The van der Waals surface area contributed by atoms with E-state index in [-0.39, 0.29) is 23.8 Å². The lowest BCUT2D eigenvalue weighted by atomic mass is 10.3. The summed E-state index contributed by atoms with van der Waals surface area (Å²) >= 11 is 2.93. The smallest absolute Gasteiger partial charge is 0.232 e. The Bertz CT molecular complexity index is 1360. The third-order valence-electron chi connectivity index (χ3n) is 4.85. The van der Waals surface area contributed by atoms with E-state index < -0.39 is 0 Å². The van der Waals surface area contributed by atoms with E-state index in [1.54, 1.807) is 10.6 Å². The van der Waals surface area contributed by atoms with Gasteiger partial charge in [0, 0.05) is 23.8 Å². The molecule has 6 rings (SSSR count). The molecule has 1 aliphatic heterocycles. The van der Waals surface area contributed by atoms with Crippen molar-refractivity contribution in [3.05, 3.63) is 30.3 Å². The van der Waals surface area contributed by atoms with Crippen LogP contribution in [0.25, 0.3) is 15.9 Å². The molecule has 1 aliphatic carbocycles. The van der Waals surface area contributed by atoms with Gasteiger partial charge in [0.05, 0.1) is 23.4 Å². The zero-order valence-electron chi connectivity index (χ0n) is 18.1. The third kappa shape index (κ3) is 5.26. The highest BCUT2D eigenvalue weighted by Crippen LogP contribution is 2.35. The molecule has 0 bridgehead atoms. The van der Waals surface area contributed by atoms with Crippen molar-refractivity contribution >= 4 is 55.9 Å². The molecule has 3 N–H and O–H groups in total. The van der Waals surface area contributed by atoms with Gasteiger partial charge in [0.2, 0.25) is 22.9 Å². The van der Waals surface area contributed by atoms with E-state index in [0.29, 0.717) is 35.0 Å². The summed E-state index contributed by atoms with van der Waals surface area (Å²) in [6, 6.07) is 9.59. The van der Waals surface area contributed by atoms with E-state index in [2.05, 4.69) is 31.3 Å². The Labute approximate surface area is 202 Å². The number of primary amides is 1. The number of ether oxygens (including phenoxy) is 2. The van der Waals surface area contributed by atoms with Crippen molar-refractivity contribution in [1.82, 2.24) is 24.8 Å². The quantitative estimate of drug-likeness (QED) is 0.408. The summed E-state index contributed by atoms with van der Waals surface area (Å²) in [5.41, 5.74) is 5.98. The highest BCUT2D eigenvalue weighted by molar-refractivity contribution is 7.99. The molecule has 34 heavy (non-hydrogen) atoms. The molecule has 176 valence electrons. The van der Waals surface area contributed by atoms with Crippen LogP contribution < -0.4 is 15.8 Å². The molecule has 11 nitrogen and oxygen atoms in total. The van der Waals surface area contributed by atoms with Crippen molar-refractivity contribution in [1.29, 1.82) is 0 Å². The zero-order valence-corrected chi connectivity index (χ0v) is 19.8. The van der Waals surface area contributed by atoms with Crippen LogP contribution in [0.15, 0.2) is 40.4 Å². The number of aromatic nitrogens is 5. The first-order valence-corrected chi connectivity index (χ1v) is 12.2. The maximum Gasteiger partial charge on any atom is 0.232 e. The van der Waals surface area contributed by atoms with E-state index >= 15 is 0 Å². The molecule has 0 radical (unpaired) electrons. The standard InChI is InChI=1S/C19H16N6O3S2.C2H5NO/c26-17(10-1-2-10)21-18-20-13-4-3-12(7-14(13)30-18)29-19-23-22-15-5-6-16(24-25(15)19)28-11-8-27-9-11;1-2(3)4/h3-7,10-11H,1-2,8-9H2,(H,20,21,26);1H3,(H2,3,4). The molecule has 1 aromatic carbocycles. The molecule has 3 aromatic heterocycles. The van der Waals surface area contributed by atoms with Crippen molar-refractivity contribution in [2.45, 2.75) is 35.9 Å². The summed E-state index contributed by atoms with van der Waals surface area (Å²) in [7, 11) is 0. The number of carbonyl (C=O) groups is 2. The number of hydrogen-bond donors (Lipinski definition) is 2. The molecule has 4 aromatic rings. The van der Waals surface area contributed by atoms with Crippen molar-refractivity contribution < 1.29 is 19.1 Å². The number of nitrogens with one attached hydrogen (secondary N) is 1. The first kappa shape index (κ1) is 22.5. The van der Waals surface area contributed by atoms with Crippen LogP contribution in [0.1, 0.15) is 19.8 Å². The zero-order chi connectivity index (χ0) is 23.7. The van der Waals surface area contributed by atoms with Gasteiger partial charge in [0.25, 0.3) is 0 Å². The van der Waals surface area contributed by atoms with E-state index in [1.165, 1.54) is 30.0 Å². The number of rotatable bonds is 6. The Morgan fingerprint density at radius 1 is 1.24 bits per heavy atom. The average molecular weight is 500 g/mol. The number of fused-ring (bicyclic) bond motifs is 2. The molecule has 13 heteroatoms. The fourth-order valence-electron chi connectivity index (χ4n) is 3.01. The van der Waals surface area contributed by atoms with Gasteiger partial charge in [0.15, 0.2) is 10.8 Å². The molecule has 1 saturated heterocycles. The van der Waals surface area contributed by atoms with Gasteiger partial charge in [-0.05, 0) is 48.9 Å². The van der Waals surface area contributed by atoms with Gasteiger partial charge in [0.1, 0.15) is 6.10 Å². The van der Waals surface area contributed by atoms with E-state index in [1.807, 2.05) is 24.3 Å². The molecule has 0 atom stereocenters. The minimum absolute atomic E-state index is 0.0471. The monoisotopic (exact) mass is 499 g/mol. The van der Waals surface area contributed by atoms with Crippen LogP contribution in [0.2, 0.25) is 0 Å². The van der Waals surface area contributed by atoms with Crippen LogP contribution in [0.4, 0.5) is 5.13 Å². The summed E-state index contributed by atoms with van der Waals surface area (Å²) in [5.74, 6) is 0.407. The number of hydrogen-bond acceptors (Lipinski definition) is 10. The maximum atomic E-state index is 12.0. The average Bonchev–Trinajstić information content (AvgIpc) is 3.44. The number of thiazole rings is 1. The minimum atomic E-state index is -0.333. The van der Waals surface area contributed by atoms with Crippen molar-refractivity contribution in [3.8, 4) is 5.88 Å². The molecule has 2 fully saturated rings. The molecule has 0 spiro atoms. The Kier molecular flexibility index (Phi) is 6.30. The van der Waals surface area contributed by atoms with Crippen LogP contribution in [0.3, 0.4) is 0 Å². The lowest BCUT2D eigenvalue weighted by molar-refractivity contribution is -0.117. The highest BCUT2D eigenvalue weighted by Gasteiger charge is 2.30. The topological polar surface area (TPSA) is 147 Å². The predicted octanol–water partition coefficient (Wildman–Crippen LogP) is 2.50. The van der Waals surface area contributed by atoms with Crippen LogP contribution in [-0.4, -0.2) is 55.9 Å². The summed E-state index contributed by atoms with van der Waals surface area (Å²) < 4.78 is 13.6. The van der Waals surface area contributed by atoms with Crippen molar-refractivity contribution in [2.24, 2.45) is 11.7 Å². The fourth-order valence-corrected chi connectivity index (χ4v) is 4.82. The fraction of sp³-hybridized carbons (Fsp3) is 0.333. The summed E-state index contributed by atoms with van der Waals surface area (Å²) in [5, 5.41) is 17.2. The van der Waals surface area contributed by atoms with Gasteiger partial charge >= 0.3 is 0 Å². The number of nitrogens with zero attached hydrogens (tertiary/aromatic N) is 5. The molecular weight excluding hydrogens is 478 g/mol. The van der Waals surface area contributed by atoms with E-state index in [9.17, 15) is 9.59 Å². The molecule has 1 saturated carbocycles. The first-order valence-electron chi connectivity index (χ1n) is 10.6. The SMILES string of the molecule is CC(N)=O.O=C(Nc1nc2ccc(Sc3nnc4ccc(OC5COC5)nn34)cc2s1)C1CC1. The molecule has 2 amide bonds.